The van der Waals surface area contributed by atoms with Crippen LogP contribution < -0.4 is 5.73 Å². The van der Waals surface area contributed by atoms with Crippen LogP contribution in [0.15, 0.2) is 60.2 Å². The molecule has 0 saturated heterocycles. The maximum Gasteiger partial charge on any atom is 0.249 e. The monoisotopic (exact) mass is 365 g/mol. The van der Waals surface area contributed by atoms with Gasteiger partial charge in [-0.1, -0.05) is 30.3 Å². The molecule has 0 aromatic heterocycles. The summed E-state index contributed by atoms with van der Waals surface area (Å²) in [6.07, 6.45) is -1.40. The lowest BCUT2D eigenvalue weighted by Gasteiger charge is -2.10. The third kappa shape index (κ3) is 3.69. The Morgan fingerprint density at radius 3 is 2.56 bits per heavy atom. The number of benzene rings is 2. The molecule has 0 fully saturated rings. The third-order valence-electron chi connectivity index (χ3n) is 3.48. The standard InChI is InChI=1S/C17H13F2NO4S/c18-11-6-7-12(13(19)8-11)15-14(21)16(17(20)23-15)24-25(22)9-10-4-2-1-3-5-10/h1-8,15H,9,20H2. The van der Waals surface area contributed by atoms with Gasteiger partial charge in [0.2, 0.25) is 28.5 Å². The van der Waals surface area contributed by atoms with Crippen LogP contribution in [-0.2, 0) is 30.5 Å². The second-order valence-electron chi connectivity index (χ2n) is 5.24. The number of halogens is 2. The van der Waals surface area contributed by atoms with Gasteiger partial charge in [0.05, 0.1) is 5.75 Å². The Kier molecular flexibility index (Phi) is 4.80. The highest BCUT2D eigenvalue weighted by atomic mass is 32.2. The molecular weight excluding hydrogens is 352 g/mol. The summed E-state index contributed by atoms with van der Waals surface area (Å²) in [6.45, 7) is 0. The van der Waals surface area contributed by atoms with E-state index >= 15 is 0 Å². The van der Waals surface area contributed by atoms with Crippen LogP contribution in [0, 0.1) is 11.6 Å². The maximum atomic E-state index is 13.8. The smallest absolute Gasteiger partial charge is 0.249 e. The van der Waals surface area contributed by atoms with Gasteiger partial charge in [-0.2, -0.15) is 0 Å². The first-order chi connectivity index (χ1) is 12.0. The Balaban J connectivity index is 1.73. The molecule has 1 aliphatic rings. The molecule has 0 saturated carbocycles. The number of carbonyl (C=O) groups excluding carboxylic acids is 1. The quantitative estimate of drug-likeness (QED) is 0.881. The Bertz CT molecular complexity index is 870. The molecule has 0 radical (unpaired) electrons. The van der Waals surface area contributed by atoms with Crippen LogP contribution in [0.5, 0.6) is 0 Å². The van der Waals surface area contributed by atoms with Crippen molar-refractivity contribution in [3.8, 4) is 0 Å². The molecule has 1 aliphatic heterocycles. The molecule has 2 aromatic rings. The number of carbonyl (C=O) groups is 1. The summed E-state index contributed by atoms with van der Waals surface area (Å²) in [5.41, 5.74) is 6.16. The number of ketones is 1. The van der Waals surface area contributed by atoms with Crippen LogP contribution >= 0.6 is 0 Å². The van der Waals surface area contributed by atoms with Gasteiger partial charge in [0.1, 0.15) is 11.6 Å². The molecule has 0 aliphatic carbocycles. The molecule has 0 bridgehead atoms. The number of Topliss-reactive ketones (excluding diaryl/α,β-unsaturated/α-hetero) is 1. The first kappa shape index (κ1) is 17.1. The van der Waals surface area contributed by atoms with Gasteiger partial charge in [0, 0.05) is 11.6 Å². The van der Waals surface area contributed by atoms with Crippen molar-refractivity contribution in [1.82, 2.24) is 0 Å². The number of ether oxygens (including phenoxy) is 1. The summed E-state index contributed by atoms with van der Waals surface area (Å²) in [5, 5.41) is 0. The van der Waals surface area contributed by atoms with Gasteiger partial charge >= 0.3 is 0 Å². The average molecular weight is 365 g/mol. The van der Waals surface area contributed by atoms with Crippen molar-refractivity contribution in [2.24, 2.45) is 5.73 Å². The van der Waals surface area contributed by atoms with Gasteiger partial charge in [0.15, 0.2) is 6.10 Å². The van der Waals surface area contributed by atoms with E-state index in [2.05, 4.69) is 0 Å². The lowest BCUT2D eigenvalue weighted by molar-refractivity contribution is -0.123. The summed E-state index contributed by atoms with van der Waals surface area (Å²) < 4.78 is 49.2. The molecule has 2 aromatic carbocycles. The van der Waals surface area contributed by atoms with Gasteiger partial charge in [-0.15, -0.1) is 0 Å². The van der Waals surface area contributed by atoms with E-state index in [0.717, 1.165) is 17.7 Å². The van der Waals surface area contributed by atoms with E-state index in [0.29, 0.717) is 6.07 Å². The van der Waals surface area contributed by atoms with Crippen LogP contribution in [-0.4, -0.2) is 9.99 Å². The van der Waals surface area contributed by atoms with Crippen molar-refractivity contribution in [2.45, 2.75) is 11.9 Å². The highest BCUT2D eigenvalue weighted by Gasteiger charge is 2.39. The summed E-state index contributed by atoms with van der Waals surface area (Å²) >= 11 is -1.88. The van der Waals surface area contributed by atoms with E-state index in [4.69, 9.17) is 14.7 Å². The van der Waals surface area contributed by atoms with Crippen LogP contribution in [0.4, 0.5) is 8.78 Å². The minimum absolute atomic E-state index is 0.0421. The van der Waals surface area contributed by atoms with Crippen molar-refractivity contribution in [3.05, 3.63) is 82.9 Å². The van der Waals surface area contributed by atoms with Crippen LogP contribution in [0.1, 0.15) is 17.2 Å². The minimum atomic E-state index is -1.88. The number of rotatable bonds is 5. The zero-order chi connectivity index (χ0) is 18.0. The summed E-state index contributed by atoms with van der Waals surface area (Å²) in [4.78, 5) is 12.4. The summed E-state index contributed by atoms with van der Waals surface area (Å²) in [6, 6.07) is 11.6. The van der Waals surface area contributed by atoms with Gasteiger partial charge in [-0.05, 0) is 17.7 Å². The predicted octanol–water partition coefficient (Wildman–Crippen LogP) is 2.61. The third-order valence-corrected chi connectivity index (χ3v) is 4.40. The minimum Gasteiger partial charge on any atom is -0.460 e. The molecule has 130 valence electrons. The highest BCUT2D eigenvalue weighted by Crippen LogP contribution is 2.33. The van der Waals surface area contributed by atoms with Crippen LogP contribution in [0.25, 0.3) is 0 Å². The SMILES string of the molecule is NC1=C(OS(=O)Cc2ccccc2)C(=O)C(c2ccc(F)cc2F)O1. The molecule has 2 unspecified atom stereocenters. The van der Waals surface area contributed by atoms with E-state index in [1.54, 1.807) is 24.3 Å². The summed E-state index contributed by atoms with van der Waals surface area (Å²) in [7, 11) is 0. The normalized spacial score (nSPS) is 18.2. The number of nitrogens with two attached hydrogens (primary N) is 1. The maximum absolute atomic E-state index is 13.8. The fourth-order valence-electron chi connectivity index (χ4n) is 2.31. The fourth-order valence-corrected chi connectivity index (χ4v) is 3.18. The predicted molar refractivity (Wildman–Crippen MR) is 85.8 cm³/mol. The lowest BCUT2D eigenvalue weighted by atomic mass is 10.1. The van der Waals surface area contributed by atoms with E-state index < -0.39 is 40.4 Å². The van der Waals surface area contributed by atoms with E-state index in [-0.39, 0.29) is 17.2 Å². The van der Waals surface area contributed by atoms with E-state index in [1.165, 1.54) is 0 Å². The zero-order valence-electron chi connectivity index (χ0n) is 12.8. The molecule has 0 spiro atoms. The number of hydrogen-bond acceptors (Lipinski definition) is 5. The molecular formula is C17H13F2NO4S. The topological polar surface area (TPSA) is 78.6 Å². The van der Waals surface area contributed by atoms with Crippen molar-refractivity contribution >= 4 is 16.9 Å². The Labute approximate surface area is 144 Å². The molecule has 2 N–H and O–H groups in total. The average Bonchev–Trinajstić information content (AvgIpc) is 2.84. The highest BCUT2D eigenvalue weighted by molar-refractivity contribution is 7.79. The Morgan fingerprint density at radius 2 is 1.88 bits per heavy atom. The van der Waals surface area contributed by atoms with Crippen molar-refractivity contribution in [1.29, 1.82) is 0 Å². The second-order valence-corrected chi connectivity index (χ2v) is 6.30. The first-order valence-electron chi connectivity index (χ1n) is 7.22. The first-order valence-corrected chi connectivity index (χ1v) is 8.46. The van der Waals surface area contributed by atoms with Crippen molar-refractivity contribution in [3.63, 3.8) is 0 Å². The molecule has 1 heterocycles. The Hall–Kier alpha value is -2.74. The fraction of sp³-hybridized carbons (Fsp3) is 0.118. The molecule has 2 atom stereocenters. The largest absolute Gasteiger partial charge is 0.460 e. The molecule has 8 heteroatoms. The molecule has 3 rings (SSSR count). The number of hydrogen-bond donors (Lipinski definition) is 1. The van der Waals surface area contributed by atoms with Gasteiger partial charge in [-0.3, -0.25) is 4.79 Å². The van der Waals surface area contributed by atoms with E-state index in [1.807, 2.05) is 6.07 Å². The summed E-state index contributed by atoms with van der Waals surface area (Å²) in [5.74, 6) is -3.28. The lowest BCUT2D eigenvalue weighted by Crippen LogP contribution is -2.14. The molecule has 25 heavy (non-hydrogen) atoms. The van der Waals surface area contributed by atoms with Gasteiger partial charge in [0.25, 0.3) is 0 Å². The molecule has 0 amide bonds. The van der Waals surface area contributed by atoms with Crippen LogP contribution in [0.2, 0.25) is 0 Å². The van der Waals surface area contributed by atoms with Gasteiger partial charge in [-0.25, -0.2) is 13.0 Å². The van der Waals surface area contributed by atoms with Crippen molar-refractivity contribution < 1.29 is 26.7 Å². The van der Waals surface area contributed by atoms with Crippen LogP contribution in [0.3, 0.4) is 0 Å². The Morgan fingerprint density at radius 1 is 1.16 bits per heavy atom. The van der Waals surface area contributed by atoms with Crippen molar-refractivity contribution in [2.75, 3.05) is 0 Å². The second kappa shape index (κ2) is 7.02. The van der Waals surface area contributed by atoms with Gasteiger partial charge < -0.3 is 14.7 Å². The zero-order valence-corrected chi connectivity index (χ0v) is 13.6. The molecule has 5 nitrogen and oxygen atoms in total. The van der Waals surface area contributed by atoms with E-state index in [9.17, 15) is 17.8 Å².